The van der Waals surface area contributed by atoms with E-state index < -0.39 is 0 Å². The molecule has 0 saturated carbocycles. The molecule has 1 N–H and O–H groups in total. The molecule has 1 aliphatic rings. The van der Waals surface area contributed by atoms with Gasteiger partial charge in [-0.1, -0.05) is 23.4 Å². The Balaban J connectivity index is 1.68. The number of benzene rings is 1. The van der Waals surface area contributed by atoms with Crippen LogP contribution in [0.5, 0.6) is 0 Å². The smallest absolute Gasteiger partial charge is 0.195 e. The summed E-state index contributed by atoms with van der Waals surface area (Å²) >= 11 is 0. The number of rotatable bonds is 2. The third-order valence-electron chi connectivity index (χ3n) is 3.59. The minimum Gasteiger partial charge on any atom is -0.409 e. The minimum atomic E-state index is 0.482. The standard InChI is InChI=1S/C15H17N5O/c21-18-15(14-12-16-6-7-17-14)20-10-8-19(9-11-20)13-4-2-1-3-5-13/h1-7,12,21H,8-11H2/b18-15-. The summed E-state index contributed by atoms with van der Waals surface area (Å²) < 4.78 is 0. The van der Waals surface area contributed by atoms with E-state index in [0.717, 1.165) is 26.2 Å². The highest BCUT2D eigenvalue weighted by Crippen LogP contribution is 2.16. The molecule has 0 spiro atoms. The molecule has 1 aromatic heterocycles. The number of piperazine rings is 1. The van der Waals surface area contributed by atoms with Gasteiger partial charge >= 0.3 is 0 Å². The van der Waals surface area contributed by atoms with Gasteiger partial charge in [-0.2, -0.15) is 0 Å². The quantitative estimate of drug-likeness (QED) is 0.391. The summed E-state index contributed by atoms with van der Waals surface area (Å²) in [5.74, 6) is 0.482. The van der Waals surface area contributed by atoms with E-state index in [2.05, 4.69) is 32.2 Å². The number of aromatic nitrogens is 2. The average Bonchev–Trinajstić information content (AvgIpc) is 2.58. The Morgan fingerprint density at radius 2 is 1.81 bits per heavy atom. The molecule has 1 aromatic carbocycles. The number of hydrogen-bond acceptors (Lipinski definition) is 5. The lowest BCUT2D eigenvalue weighted by molar-refractivity contribution is 0.295. The van der Waals surface area contributed by atoms with Gasteiger partial charge in [0.1, 0.15) is 5.69 Å². The van der Waals surface area contributed by atoms with Crippen LogP contribution in [0.3, 0.4) is 0 Å². The lowest BCUT2D eigenvalue weighted by Crippen LogP contribution is -2.49. The summed E-state index contributed by atoms with van der Waals surface area (Å²) in [6, 6.07) is 10.3. The molecule has 6 nitrogen and oxygen atoms in total. The maximum absolute atomic E-state index is 9.28. The van der Waals surface area contributed by atoms with Crippen LogP contribution in [0.2, 0.25) is 0 Å². The number of oxime groups is 1. The van der Waals surface area contributed by atoms with Crippen molar-refractivity contribution in [1.82, 2.24) is 14.9 Å². The number of nitrogens with zero attached hydrogens (tertiary/aromatic N) is 5. The average molecular weight is 283 g/mol. The summed E-state index contributed by atoms with van der Waals surface area (Å²) in [4.78, 5) is 12.6. The van der Waals surface area contributed by atoms with Crippen molar-refractivity contribution in [1.29, 1.82) is 0 Å². The molecule has 0 aliphatic carbocycles. The largest absolute Gasteiger partial charge is 0.409 e. The fourth-order valence-electron chi connectivity index (χ4n) is 2.51. The molecule has 1 fully saturated rings. The molecule has 21 heavy (non-hydrogen) atoms. The van der Waals surface area contributed by atoms with E-state index in [1.165, 1.54) is 5.69 Å². The van der Waals surface area contributed by atoms with Crippen molar-refractivity contribution in [2.45, 2.75) is 0 Å². The highest BCUT2D eigenvalue weighted by molar-refractivity contribution is 5.96. The first-order chi connectivity index (χ1) is 10.4. The topological polar surface area (TPSA) is 64.9 Å². The van der Waals surface area contributed by atoms with E-state index in [0.29, 0.717) is 11.5 Å². The van der Waals surface area contributed by atoms with Crippen molar-refractivity contribution >= 4 is 11.5 Å². The molecular formula is C15H17N5O. The van der Waals surface area contributed by atoms with Crippen LogP contribution in [0.25, 0.3) is 0 Å². The monoisotopic (exact) mass is 283 g/mol. The highest BCUT2D eigenvalue weighted by atomic mass is 16.4. The van der Waals surface area contributed by atoms with Gasteiger partial charge in [0.15, 0.2) is 5.84 Å². The summed E-state index contributed by atoms with van der Waals surface area (Å²) in [6.07, 6.45) is 4.81. The number of anilines is 1. The molecular weight excluding hydrogens is 266 g/mol. The third-order valence-corrected chi connectivity index (χ3v) is 3.59. The summed E-state index contributed by atoms with van der Waals surface area (Å²) in [6.45, 7) is 3.32. The molecule has 6 heteroatoms. The van der Waals surface area contributed by atoms with Crippen molar-refractivity contribution in [3.63, 3.8) is 0 Å². The Bertz CT molecular complexity index is 594. The first-order valence-electron chi connectivity index (χ1n) is 6.92. The molecule has 1 aliphatic heterocycles. The fraction of sp³-hybridized carbons (Fsp3) is 0.267. The molecule has 0 unspecified atom stereocenters. The van der Waals surface area contributed by atoms with Crippen molar-refractivity contribution in [2.75, 3.05) is 31.1 Å². The SMILES string of the molecule is O/N=C(/c1cnccn1)N1CCN(c2ccccc2)CC1. The van der Waals surface area contributed by atoms with E-state index in [1.54, 1.807) is 18.6 Å². The van der Waals surface area contributed by atoms with Gasteiger partial charge in [-0.15, -0.1) is 0 Å². The van der Waals surface area contributed by atoms with Crippen molar-refractivity contribution in [3.8, 4) is 0 Å². The Morgan fingerprint density at radius 3 is 2.43 bits per heavy atom. The molecule has 2 heterocycles. The summed E-state index contributed by atoms with van der Waals surface area (Å²) in [7, 11) is 0. The second-order valence-electron chi connectivity index (χ2n) is 4.82. The molecule has 0 amide bonds. The summed E-state index contributed by atoms with van der Waals surface area (Å²) in [5.41, 5.74) is 1.81. The van der Waals surface area contributed by atoms with Gasteiger partial charge in [0.05, 0.1) is 6.20 Å². The normalized spacial score (nSPS) is 16.1. The van der Waals surface area contributed by atoms with Gasteiger partial charge in [0.2, 0.25) is 0 Å². The van der Waals surface area contributed by atoms with Crippen molar-refractivity contribution < 1.29 is 5.21 Å². The third kappa shape index (κ3) is 2.94. The van der Waals surface area contributed by atoms with Gasteiger partial charge in [0.25, 0.3) is 0 Å². The predicted octanol–water partition coefficient (Wildman–Crippen LogP) is 1.43. The van der Waals surface area contributed by atoms with Gasteiger partial charge < -0.3 is 15.0 Å². The van der Waals surface area contributed by atoms with Crippen LogP contribution >= 0.6 is 0 Å². The molecule has 3 rings (SSSR count). The molecule has 0 atom stereocenters. The first-order valence-corrected chi connectivity index (χ1v) is 6.92. The van der Waals surface area contributed by atoms with Crippen LogP contribution in [0.15, 0.2) is 54.1 Å². The van der Waals surface area contributed by atoms with Crippen molar-refractivity contribution in [2.24, 2.45) is 5.16 Å². The Morgan fingerprint density at radius 1 is 1.05 bits per heavy atom. The molecule has 2 aromatic rings. The Hall–Kier alpha value is -2.63. The van der Waals surface area contributed by atoms with Gasteiger partial charge in [-0.25, -0.2) is 4.98 Å². The molecule has 0 radical (unpaired) electrons. The maximum atomic E-state index is 9.28. The van der Waals surface area contributed by atoms with Gasteiger partial charge in [-0.3, -0.25) is 4.98 Å². The van der Waals surface area contributed by atoms with Crippen LogP contribution < -0.4 is 4.90 Å². The number of hydrogen-bond donors (Lipinski definition) is 1. The van der Waals surface area contributed by atoms with Crippen LogP contribution in [-0.4, -0.2) is 52.1 Å². The Labute approximate surface area is 123 Å². The number of amidine groups is 1. The maximum Gasteiger partial charge on any atom is 0.195 e. The van der Waals surface area contributed by atoms with E-state index in [9.17, 15) is 5.21 Å². The van der Waals surface area contributed by atoms with Crippen LogP contribution in [0.1, 0.15) is 5.69 Å². The van der Waals surface area contributed by atoms with Crippen LogP contribution in [0, 0.1) is 0 Å². The van der Waals surface area contributed by atoms with Crippen molar-refractivity contribution in [3.05, 3.63) is 54.6 Å². The van der Waals surface area contributed by atoms with Crippen LogP contribution in [-0.2, 0) is 0 Å². The second-order valence-corrected chi connectivity index (χ2v) is 4.82. The predicted molar refractivity (Wildman–Crippen MR) is 80.6 cm³/mol. The van der Waals surface area contributed by atoms with E-state index in [4.69, 9.17) is 0 Å². The lowest BCUT2D eigenvalue weighted by atomic mass is 10.2. The van der Waals surface area contributed by atoms with E-state index >= 15 is 0 Å². The van der Waals surface area contributed by atoms with E-state index in [1.807, 2.05) is 23.1 Å². The van der Waals surface area contributed by atoms with Gasteiger partial charge in [0, 0.05) is 44.3 Å². The fourth-order valence-corrected chi connectivity index (χ4v) is 2.51. The zero-order valence-electron chi connectivity index (χ0n) is 11.6. The minimum absolute atomic E-state index is 0.482. The molecule has 0 bridgehead atoms. The van der Waals surface area contributed by atoms with Crippen LogP contribution in [0.4, 0.5) is 5.69 Å². The zero-order chi connectivity index (χ0) is 14.5. The zero-order valence-corrected chi connectivity index (χ0v) is 11.6. The highest BCUT2D eigenvalue weighted by Gasteiger charge is 2.22. The number of para-hydroxylation sites is 1. The van der Waals surface area contributed by atoms with E-state index in [-0.39, 0.29) is 0 Å². The lowest BCUT2D eigenvalue weighted by Gasteiger charge is -2.37. The first kappa shape index (κ1) is 13.4. The second kappa shape index (κ2) is 6.21. The molecule has 108 valence electrons. The Kier molecular flexibility index (Phi) is 3.95. The summed E-state index contributed by atoms with van der Waals surface area (Å²) in [5, 5.41) is 12.7. The van der Waals surface area contributed by atoms with Gasteiger partial charge in [-0.05, 0) is 12.1 Å². The molecule has 1 saturated heterocycles.